The fraction of sp³-hybridized carbons (Fsp3) is 0.364. The highest BCUT2D eigenvalue weighted by molar-refractivity contribution is 5.98. The molecule has 2 aromatic heterocycles. The molecule has 0 atom stereocenters. The van der Waals surface area contributed by atoms with Crippen molar-refractivity contribution in [2.24, 2.45) is 0 Å². The molecule has 0 saturated carbocycles. The quantitative estimate of drug-likeness (QED) is 0.732. The minimum absolute atomic E-state index is 0.0529. The molecule has 0 spiro atoms. The Morgan fingerprint density at radius 1 is 1.11 bits per heavy atom. The van der Waals surface area contributed by atoms with Gasteiger partial charge in [0.25, 0.3) is 5.91 Å². The number of rotatable bonds is 4. The first kappa shape index (κ1) is 18.3. The molecule has 0 radical (unpaired) electrons. The summed E-state index contributed by atoms with van der Waals surface area (Å²) in [6, 6.07) is 10.2. The minimum atomic E-state index is 0.0529. The third-order valence-electron chi connectivity index (χ3n) is 5.63. The molecule has 3 heterocycles. The molecular formula is C22H27N5O. The van der Waals surface area contributed by atoms with Gasteiger partial charge in [0, 0.05) is 43.3 Å². The molecule has 1 amide bonds. The lowest BCUT2D eigenvalue weighted by Crippen LogP contribution is -2.49. The zero-order chi connectivity index (χ0) is 19.7. The van der Waals surface area contributed by atoms with E-state index in [4.69, 9.17) is 5.73 Å². The van der Waals surface area contributed by atoms with Crippen molar-refractivity contribution in [3.05, 3.63) is 53.3 Å². The van der Waals surface area contributed by atoms with Crippen molar-refractivity contribution >= 4 is 28.3 Å². The Bertz CT molecular complexity index is 1000. The fourth-order valence-corrected chi connectivity index (χ4v) is 3.87. The van der Waals surface area contributed by atoms with Crippen LogP contribution in [0.3, 0.4) is 0 Å². The van der Waals surface area contributed by atoms with Gasteiger partial charge in [-0.3, -0.25) is 4.79 Å². The van der Waals surface area contributed by atoms with E-state index in [2.05, 4.69) is 46.9 Å². The van der Waals surface area contributed by atoms with Crippen molar-refractivity contribution in [2.45, 2.75) is 26.7 Å². The van der Waals surface area contributed by atoms with E-state index in [0.717, 1.165) is 53.9 Å². The lowest BCUT2D eigenvalue weighted by molar-refractivity contribution is 0.0741. The van der Waals surface area contributed by atoms with Gasteiger partial charge in [-0.05, 0) is 48.2 Å². The van der Waals surface area contributed by atoms with Crippen molar-refractivity contribution in [2.75, 3.05) is 36.8 Å². The predicted octanol–water partition coefficient (Wildman–Crippen LogP) is 3.23. The van der Waals surface area contributed by atoms with Crippen LogP contribution < -0.4 is 10.6 Å². The van der Waals surface area contributed by atoms with Crippen LogP contribution in [0.1, 0.15) is 35.5 Å². The van der Waals surface area contributed by atoms with Gasteiger partial charge in [-0.1, -0.05) is 19.9 Å². The van der Waals surface area contributed by atoms with Gasteiger partial charge in [-0.25, -0.2) is 4.98 Å². The summed E-state index contributed by atoms with van der Waals surface area (Å²) < 4.78 is 0. The number of nitrogens with one attached hydrogen (secondary N) is 1. The molecule has 3 N–H and O–H groups in total. The molecule has 3 aromatic rings. The molecule has 1 fully saturated rings. The lowest BCUT2D eigenvalue weighted by Gasteiger charge is -2.35. The molecule has 0 bridgehead atoms. The van der Waals surface area contributed by atoms with Gasteiger partial charge in [0.05, 0.1) is 5.69 Å². The molecule has 0 unspecified atom stereocenters. The summed E-state index contributed by atoms with van der Waals surface area (Å²) >= 11 is 0. The highest BCUT2D eigenvalue weighted by Gasteiger charge is 2.25. The number of fused-ring (bicyclic) bond motifs is 1. The fourth-order valence-electron chi connectivity index (χ4n) is 3.87. The molecule has 1 aliphatic heterocycles. The minimum Gasteiger partial charge on any atom is -0.396 e. The Kier molecular flexibility index (Phi) is 4.94. The summed E-state index contributed by atoms with van der Waals surface area (Å²) in [7, 11) is 0. The number of H-pyrrole nitrogens is 1. The topological polar surface area (TPSA) is 78.2 Å². The van der Waals surface area contributed by atoms with Crippen LogP contribution in [0, 0.1) is 0 Å². The molecule has 1 aromatic carbocycles. The summed E-state index contributed by atoms with van der Waals surface area (Å²) in [5, 5.41) is 1.09. The van der Waals surface area contributed by atoms with E-state index in [9.17, 15) is 4.79 Å². The number of nitrogens with two attached hydrogens (primary N) is 1. The molecule has 1 aliphatic rings. The SMILES string of the molecule is CCc1ccc2[nH]c(C(=O)N3CCN(c4nccc(CC)c4N)CC3)cc2c1. The van der Waals surface area contributed by atoms with Crippen molar-refractivity contribution in [3.8, 4) is 0 Å². The van der Waals surface area contributed by atoms with Gasteiger partial charge in [-0.15, -0.1) is 0 Å². The van der Waals surface area contributed by atoms with E-state index in [1.165, 1.54) is 5.56 Å². The van der Waals surface area contributed by atoms with Gasteiger partial charge >= 0.3 is 0 Å². The number of pyridine rings is 1. The van der Waals surface area contributed by atoms with E-state index in [1.807, 2.05) is 23.2 Å². The number of hydrogen-bond acceptors (Lipinski definition) is 4. The number of hydrogen-bond donors (Lipinski definition) is 2. The van der Waals surface area contributed by atoms with Gasteiger partial charge in [0.15, 0.2) is 5.82 Å². The number of anilines is 2. The van der Waals surface area contributed by atoms with Crippen LogP contribution in [0.2, 0.25) is 0 Å². The van der Waals surface area contributed by atoms with Crippen LogP contribution >= 0.6 is 0 Å². The van der Waals surface area contributed by atoms with E-state index >= 15 is 0 Å². The van der Waals surface area contributed by atoms with Crippen molar-refractivity contribution in [1.29, 1.82) is 0 Å². The molecule has 146 valence electrons. The Hall–Kier alpha value is -3.02. The molecule has 1 saturated heterocycles. The number of amides is 1. The highest BCUT2D eigenvalue weighted by atomic mass is 16.2. The van der Waals surface area contributed by atoms with E-state index in [0.29, 0.717) is 18.8 Å². The summed E-state index contributed by atoms with van der Waals surface area (Å²) in [6.45, 7) is 7.01. The smallest absolute Gasteiger partial charge is 0.270 e. The highest BCUT2D eigenvalue weighted by Crippen LogP contribution is 2.26. The average Bonchev–Trinajstić information content (AvgIpc) is 3.17. The van der Waals surface area contributed by atoms with Crippen molar-refractivity contribution < 1.29 is 4.79 Å². The first-order valence-corrected chi connectivity index (χ1v) is 10.00. The van der Waals surface area contributed by atoms with Crippen LogP contribution in [-0.4, -0.2) is 47.0 Å². The average molecular weight is 377 g/mol. The van der Waals surface area contributed by atoms with Gasteiger partial charge in [-0.2, -0.15) is 0 Å². The molecule has 6 heteroatoms. The van der Waals surface area contributed by atoms with Crippen LogP contribution in [-0.2, 0) is 12.8 Å². The number of carbonyl (C=O) groups is 1. The lowest BCUT2D eigenvalue weighted by atomic mass is 10.1. The number of carbonyl (C=O) groups excluding carboxylic acids is 1. The summed E-state index contributed by atoms with van der Waals surface area (Å²) in [4.78, 5) is 24.8. The third-order valence-corrected chi connectivity index (χ3v) is 5.63. The maximum Gasteiger partial charge on any atom is 0.270 e. The van der Waals surface area contributed by atoms with E-state index < -0.39 is 0 Å². The number of aromatic amines is 1. The number of piperazine rings is 1. The van der Waals surface area contributed by atoms with Crippen LogP contribution in [0.5, 0.6) is 0 Å². The Labute approximate surface area is 165 Å². The second-order valence-electron chi connectivity index (χ2n) is 7.30. The maximum absolute atomic E-state index is 13.0. The van der Waals surface area contributed by atoms with Crippen LogP contribution in [0.15, 0.2) is 36.5 Å². The third kappa shape index (κ3) is 3.30. The van der Waals surface area contributed by atoms with Crippen LogP contribution in [0.4, 0.5) is 11.5 Å². The number of aryl methyl sites for hydroxylation is 2. The molecule has 4 rings (SSSR count). The molecular weight excluding hydrogens is 350 g/mol. The van der Waals surface area contributed by atoms with E-state index in [-0.39, 0.29) is 5.91 Å². The number of nitrogens with zero attached hydrogens (tertiary/aromatic N) is 3. The monoisotopic (exact) mass is 377 g/mol. The molecule has 28 heavy (non-hydrogen) atoms. The molecule has 0 aliphatic carbocycles. The number of aromatic nitrogens is 2. The van der Waals surface area contributed by atoms with E-state index in [1.54, 1.807) is 0 Å². The summed E-state index contributed by atoms with van der Waals surface area (Å²) in [5.74, 6) is 0.890. The number of benzene rings is 1. The standard InChI is InChI=1S/C22H27N5O/c1-3-15-5-6-18-17(13-15)14-19(25-18)22(28)27-11-9-26(10-12-27)21-20(23)16(4-2)7-8-24-21/h5-8,13-14,25H,3-4,9-12,23H2,1-2H3. The first-order chi connectivity index (χ1) is 13.6. The largest absolute Gasteiger partial charge is 0.396 e. The van der Waals surface area contributed by atoms with Gasteiger partial charge in [0.2, 0.25) is 0 Å². The molecule has 6 nitrogen and oxygen atoms in total. The Morgan fingerprint density at radius 2 is 1.89 bits per heavy atom. The van der Waals surface area contributed by atoms with Crippen molar-refractivity contribution in [3.63, 3.8) is 0 Å². The zero-order valence-corrected chi connectivity index (χ0v) is 16.5. The predicted molar refractivity (Wildman–Crippen MR) is 114 cm³/mol. The first-order valence-electron chi connectivity index (χ1n) is 10.00. The normalized spacial score (nSPS) is 14.6. The summed E-state index contributed by atoms with van der Waals surface area (Å²) in [6.07, 6.45) is 3.69. The van der Waals surface area contributed by atoms with Crippen molar-refractivity contribution in [1.82, 2.24) is 14.9 Å². The number of nitrogen functional groups attached to an aromatic ring is 1. The van der Waals surface area contributed by atoms with Gasteiger partial charge in [0.1, 0.15) is 5.69 Å². The Balaban J connectivity index is 1.47. The summed E-state index contributed by atoms with van der Waals surface area (Å²) in [5.41, 5.74) is 11.1. The van der Waals surface area contributed by atoms with Crippen LogP contribution in [0.25, 0.3) is 10.9 Å². The second kappa shape index (κ2) is 7.54. The second-order valence-corrected chi connectivity index (χ2v) is 7.30. The Morgan fingerprint density at radius 3 is 2.61 bits per heavy atom. The zero-order valence-electron chi connectivity index (χ0n) is 16.5. The maximum atomic E-state index is 13.0. The van der Waals surface area contributed by atoms with Gasteiger partial charge < -0.3 is 20.5 Å².